The maximum Gasteiger partial charge on any atom is 0.435 e. The van der Waals surface area contributed by atoms with Crippen molar-refractivity contribution in [2.45, 2.75) is 18.0 Å². The summed E-state index contributed by atoms with van der Waals surface area (Å²) in [7, 11) is -0.963. The topological polar surface area (TPSA) is 120 Å². The summed E-state index contributed by atoms with van der Waals surface area (Å²) in [6.07, 6.45) is -4.72. The van der Waals surface area contributed by atoms with Gasteiger partial charge in [0.1, 0.15) is 16.9 Å². The molecule has 1 N–H and O–H groups in total. The maximum absolute atomic E-state index is 12.9. The van der Waals surface area contributed by atoms with E-state index in [1.54, 1.807) is 0 Å². The highest BCUT2D eigenvalue weighted by Crippen LogP contribution is 2.31. The number of alkyl halides is 3. The number of carbonyl (C=O) groups excluding carboxylic acids is 1. The van der Waals surface area contributed by atoms with E-state index in [0.717, 1.165) is 0 Å². The number of nitrogens with one attached hydrogen (secondary N) is 1. The molecule has 13 heteroatoms. The number of hydrogen-bond acceptors (Lipinski definition) is 7. The van der Waals surface area contributed by atoms with Gasteiger partial charge >= 0.3 is 6.18 Å². The molecule has 0 aliphatic carbocycles. The molecule has 3 heterocycles. The normalized spacial score (nSPS) is 12.3. The number of sulfone groups is 1. The third-order valence-electron chi connectivity index (χ3n) is 4.15. The molecule has 154 valence electrons. The van der Waals surface area contributed by atoms with Crippen molar-refractivity contribution < 1.29 is 26.4 Å². The number of imidazole rings is 1. The van der Waals surface area contributed by atoms with E-state index in [9.17, 15) is 26.4 Å². The summed E-state index contributed by atoms with van der Waals surface area (Å²) in [5.74, 6) is -0.876. The van der Waals surface area contributed by atoms with Crippen molar-refractivity contribution >= 4 is 26.9 Å². The number of rotatable bonds is 4. The Kier molecular flexibility index (Phi) is 5.03. The van der Waals surface area contributed by atoms with E-state index >= 15 is 0 Å². The zero-order valence-electron chi connectivity index (χ0n) is 15.4. The Balaban J connectivity index is 2.32. The summed E-state index contributed by atoms with van der Waals surface area (Å²) < 4.78 is 65.0. The fourth-order valence-corrected chi connectivity index (χ4v) is 3.62. The minimum absolute atomic E-state index is 0.00000690. The van der Waals surface area contributed by atoms with Crippen molar-refractivity contribution in [3.05, 3.63) is 29.6 Å². The largest absolute Gasteiger partial charge is 0.435 e. The molecular formula is C16H15F3N6O3S. The van der Waals surface area contributed by atoms with Gasteiger partial charge in [0.15, 0.2) is 27.0 Å². The van der Waals surface area contributed by atoms with E-state index in [2.05, 4.69) is 25.5 Å². The molecular weight excluding hydrogens is 413 g/mol. The van der Waals surface area contributed by atoms with Crippen LogP contribution in [0.2, 0.25) is 0 Å². The predicted octanol–water partition coefficient (Wildman–Crippen LogP) is 1.60. The second-order valence-electron chi connectivity index (χ2n) is 5.96. The Hall–Kier alpha value is -3.09. The molecule has 0 atom stereocenters. The number of carbonyl (C=O) groups is 1. The van der Waals surface area contributed by atoms with Crippen LogP contribution in [0.15, 0.2) is 23.1 Å². The van der Waals surface area contributed by atoms with Crippen LogP contribution in [0, 0.1) is 0 Å². The molecule has 3 aromatic rings. The quantitative estimate of drug-likeness (QED) is 0.670. The minimum atomic E-state index is -4.72. The average molecular weight is 428 g/mol. The molecule has 0 radical (unpaired) electrons. The molecule has 0 spiro atoms. The summed E-state index contributed by atoms with van der Waals surface area (Å²) in [5.41, 5.74) is -1.62. The van der Waals surface area contributed by atoms with E-state index in [4.69, 9.17) is 0 Å². The van der Waals surface area contributed by atoms with E-state index in [0.29, 0.717) is 6.07 Å². The lowest BCUT2D eigenvalue weighted by molar-refractivity contribution is -0.141. The van der Waals surface area contributed by atoms with Crippen LogP contribution >= 0.6 is 0 Å². The van der Waals surface area contributed by atoms with Crippen molar-refractivity contribution in [1.82, 2.24) is 30.0 Å². The van der Waals surface area contributed by atoms with Crippen molar-refractivity contribution in [3.8, 4) is 11.5 Å². The standard InChI is InChI=1S/C16H15F3N6O3S/c1-4-29(27,28)10-6-5-8(15(26)20-2)21-12(10)14-22-9-7-11(16(17,18)19)23-24-13(9)25(14)3/h5-7H,4H2,1-3H3,(H,20,26). The predicted molar refractivity (Wildman–Crippen MR) is 95.7 cm³/mol. The number of amides is 1. The van der Waals surface area contributed by atoms with Gasteiger partial charge in [0.2, 0.25) is 0 Å². The molecule has 0 aliphatic heterocycles. The highest BCUT2D eigenvalue weighted by molar-refractivity contribution is 7.91. The summed E-state index contributed by atoms with van der Waals surface area (Å²) >= 11 is 0. The third-order valence-corrected chi connectivity index (χ3v) is 5.91. The van der Waals surface area contributed by atoms with Gasteiger partial charge < -0.3 is 9.88 Å². The number of aryl methyl sites for hydroxylation is 1. The van der Waals surface area contributed by atoms with Gasteiger partial charge in [-0.15, -0.1) is 10.2 Å². The number of pyridine rings is 1. The number of hydrogen-bond donors (Lipinski definition) is 1. The van der Waals surface area contributed by atoms with Crippen molar-refractivity contribution in [1.29, 1.82) is 0 Å². The monoisotopic (exact) mass is 428 g/mol. The van der Waals surface area contributed by atoms with Gasteiger partial charge in [0, 0.05) is 20.2 Å². The van der Waals surface area contributed by atoms with Gasteiger partial charge in [-0.2, -0.15) is 13.2 Å². The molecule has 0 aromatic carbocycles. The Labute approximate surface area is 162 Å². The second-order valence-corrected chi connectivity index (χ2v) is 8.20. The van der Waals surface area contributed by atoms with Gasteiger partial charge in [-0.25, -0.2) is 18.4 Å². The second kappa shape index (κ2) is 7.06. The van der Waals surface area contributed by atoms with Crippen LogP contribution in [0.4, 0.5) is 13.2 Å². The molecule has 0 aliphatic rings. The lowest BCUT2D eigenvalue weighted by atomic mass is 10.2. The summed E-state index contributed by atoms with van der Waals surface area (Å²) in [5, 5.41) is 9.08. The van der Waals surface area contributed by atoms with Crippen LogP contribution in [0.3, 0.4) is 0 Å². The zero-order valence-corrected chi connectivity index (χ0v) is 16.3. The van der Waals surface area contributed by atoms with Crippen LogP contribution in [0.5, 0.6) is 0 Å². The first-order valence-corrected chi connectivity index (χ1v) is 9.88. The van der Waals surface area contributed by atoms with Crippen molar-refractivity contribution in [3.63, 3.8) is 0 Å². The Bertz CT molecular complexity index is 1220. The fraction of sp³-hybridized carbons (Fsp3) is 0.312. The first-order valence-electron chi connectivity index (χ1n) is 8.23. The highest BCUT2D eigenvalue weighted by Gasteiger charge is 2.34. The molecule has 0 unspecified atom stereocenters. The zero-order chi connectivity index (χ0) is 21.6. The first kappa shape index (κ1) is 20.6. The van der Waals surface area contributed by atoms with Gasteiger partial charge in [-0.05, 0) is 12.1 Å². The van der Waals surface area contributed by atoms with Crippen molar-refractivity contribution in [2.75, 3.05) is 12.8 Å². The smallest absolute Gasteiger partial charge is 0.354 e. The molecule has 0 bridgehead atoms. The number of aromatic nitrogens is 5. The lowest BCUT2D eigenvalue weighted by Gasteiger charge is -2.10. The first-order chi connectivity index (χ1) is 13.5. The Morgan fingerprint density at radius 1 is 1.21 bits per heavy atom. The lowest BCUT2D eigenvalue weighted by Crippen LogP contribution is -2.20. The molecule has 9 nitrogen and oxygen atoms in total. The van der Waals surface area contributed by atoms with Crippen LogP contribution in [-0.4, -0.2) is 51.9 Å². The molecule has 29 heavy (non-hydrogen) atoms. The number of fused-ring (bicyclic) bond motifs is 1. The molecule has 3 rings (SSSR count). The SMILES string of the molecule is CCS(=O)(=O)c1ccc(C(=O)NC)nc1-c1nc2cc(C(F)(F)F)nnc2n1C. The summed E-state index contributed by atoms with van der Waals surface area (Å²) in [4.78, 5) is 19.9. The van der Waals surface area contributed by atoms with Crippen LogP contribution in [0.1, 0.15) is 23.1 Å². The van der Waals surface area contributed by atoms with Gasteiger partial charge in [-0.1, -0.05) is 6.92 Å². The Morgan fingerprint density at radius 2 is 1.90 bits per heavy atom. The Morgan fingerprint density at radius 3 is 2.48 bits per heavy atom. The average Bonchev–Trinajstić information content (AvgIpc) is 3.02. The maximum atomic E-state index is 12.9. The van der Waals surface area contributed by atoms with Crippen LogP contribution < -0.4 is 5.32 Å². The fourth-order valence-electron chi connectivity index (χ4n) is 2.60. The molecule has 1 amide bonds. The molecule has 3 aromatic heterocycles. The molecule has 0 saturated heterocycles. The molecule has 0 saturated carbocycles. The minimum Gasteiger partial charge on any atom is -0.354 e. The number of nitrogens with zero attached hydrogens (tertiary/aromatic N) is 5. The van der Waals surface area contributed by atoms with Gasteiger partial charge in [-0.3, -0.25) is 4.79 Å². The highest BCUT2D eigenvalue weighted by atomic mass is 32.2. The summed E-state index contributed by atoms with van der Waals surface area (Å²) in [6.45, 7) is 1.43. The van der Waals surface area contributed by atoms with Gasteiger partial charge in [0.05, 0.1) is 10.6 Å². The molecule has 0 fully saturated rings. The number of halogens is 3. The van der Waals surface area contributed by atoms with E-state index in [-0.39, 0.29) is 39.0 Å². The summed E-state index contributed by atoms with van der Waals surface area (Å²) in [6, 6.07) is 3.18. The van der Waals surface area contributed by atoms with E-state index < -0.39 is 27.6 Å². The van der Waals surface area contributed by atoms with E-state index in [1.165, 1.54) is 37.7 Å². The van der Waals surface area contributed by atoms with E-state index in [1.807, 2.05) is 0 Å². The van der Waals surface area contributed by atoms with Crippen LogP contribution in [-0.2, 0) is 23.1 Å². The van der Waals surface area contributed by atoms with Crippen molar-refractivity contribution in [2.24, 2.45) is 7.05 Å². The third kappa shape index (κ3) is 3.64. The van der Waals surface area contributed by atoms with Crippen LogP contribution in [0.25, 0.3) is 22.7 Å². The van der Waals surface area contributed by atoms with Gasteiger partial charge in [0.25, 0.3) is 5.91 Å².